The van der Waals surface area contributed by atoms with E-state index in [1.807, 2.05) is 25.1 Å². The molecule has 31 heavy (non-hydrogen) atoms. The van der Waals surface area contributed by atoms with Crippen molar-refractivity contribution in [2.24, 2.45) is 4.99 Å². The van der Waals surface area contributed by atoms with E-state index in [9.17, 15) is 9.65 Å². The Morgan fingerprint density at radius 2 is 1.94 bits per heavy atom. The zero-order chi connectivity index (χ0) is 21.8. The Morgan fingerprint density at radius 1 is 1.19 bits per heavy atom. The van der Waals surface area contributed by atoms with Crippen LogP contribution in [0.5, 0.6) is 0 Å². The molecule has 0 atom stereocenters. The summed E-state index contributed by atoms with van der Waals surface area (Å²) in [6.45, 7) is 9.93. The van der Waals surface area contributed by atoms with Gasteiger partial charge in [-0.15, -0.1) is 0 Å². The van der Waals surface area contributed by atoms with Crippen LogP contribution in [0.3, 0.4) is 0 Å². The molecule has 6 nitrogen and oxygen atoms in total. The van der Waals surface area contributed by atoms with Gasteiger partial charge in [0.1, 0.15) is 17.7 Å². The van der Waals surface area contributed by atoms with E-state index >= 15 is 0 Å². The molecule has 2 saturated heterocycles. The molecule has 1 aromatic heterocycles. The lowest BCUT2D eigenvalue weighted by molar-refractivity contribution is 0.0678. The third-order valence-corrected chi connectivity index (χ3v) is 5.62. The molecule has 2 aromatic rings. The quantitative estimate of drug-likeness (QED) is 0.558. The Hall–Kier alpha value is -3.50. The van der Waals surface area contributed by atoms with E-state index in [0.29, 0.717) is 18.8 Å². The molecular weight excluding hydrogens is 393 g/mol. The summed E-state index contributed by atoms with van der Waals surface area (Å²) < 4.78 is 19.4. The average Bonchev–Trinajstić information content (AvgIpc) is 3.20. The third-order valence-electron chi connectivity index (χ3n) is 5.62. The van der Waals surface area contributed by atoms with Crippen LogP contribution in [0.15, 0.2) is 65.6 Å². The van der Waals surface area contributed by atoms with E-state index in [-0.39, 0.29) is 5.56 Å². The standard InChI is InChI=1S/C24H24FN5O/c1-17-22(7-10-30(17)21-5-8-27-9-6-21)24(19-3-4-23(25)20(15-19)16-26)28-18(2)29-11-13-31-14-12-29/h3-6,8-9,15H,1,7,10-14H2,2H3/b24-22-,28-18?. The van der Waals surface area contributed by atoms with Crippen LogP contribution in [0, 0.1) is 17.1 Å². The van der Waals surface area contributed by atoms with Gasteiger partial charge in [0.25, 0.3) is 0 Å². The molecule has 1 aromatic carbocycles. The molecule has 0 bridgehead atoms. The van der Waals surface area contributed by atoms with Crippen molar-refractivity contribution in [3.8, 4) is 6.07 Å². The number of nitrogens with zero attached hydrogens (tertiary/aromatic N) is 5. The second-order valence-corrected chi connectivity index (χ2v) is 7.45. The number of morpholine rings is 1. The molecule has 0 N–H and O–H groups in total. The average molecular weight is 417 g/mol. The van der Waals surface area contributed by atoms with E-state index < -0.39 is 5.82 Å². The number of benzene rings is 1. The minimum absolute atomic E-state index is 0.00410. The van der Waals surface area contributed by atoms with Crippen molar-refractivity contribution in [1.29, 1.82) is 5.26 Å². The molecule has 2 aliphatic heterocycles. The van der Waals surface area contributed by atoms with Gasteiger partial charge in [0.2, 0.25) is 0 Å². The Morgan fingerprint density at radius 3 is 2.65 bits per heavy atom. The van der Waals surface area contributed by atoms with Gasteiger partial charge < -0.3 is 14.5 Å². The van der Waals surface area contributed by atoms with Crippen molar-refractivity contribution in [1.82, 2.24) is 9.88 Å². The van der Waals surface area contributed by atoms with E-state index in [1.165, 1.54) is 6.07 Å². The topological polar surface area (TPSA) is 64.8 Å². The Labute approximate surface area is 181 Å². The fourth-order valence-corrected chi connectivity index (χ4v) is 3.91. The highest BCUT2D eigenvalue weighted by Gasteiger charge is 2.26. The van der Waals surface area contributed by atoms with Crippen LogP contribution in [0.25, 0.3) is 5.70 Å². The van der Waals surface area contributed by atoms with Crippen molar-refractivity contribution < 1.29 is 9.13 Å². The van der Waals surface area contributed by atoms with Gasteiger partial charge in [0, 0.05) is 54.5 Å². The van der Waals surface area contributed by atoms with Gasteiger partial charge in [-0.3, -0.25) is 4.98 Å². The second-order valence-electron chi connectivity index (χ2n) is 7.45. The van der Waals surface area contributed by atoms with Crippen LogP contribution in [0.4, 0.5) is 10.1 Å². The molecule has 4 rings (SSSR count). The number of aromatic nitrogens is 1. The first kappa shape index (κ1) is 20.8. The van der Waals surface area contributed by atoms with Crippen LogP contribution in [0.1, 0.15) is 24.5 Å². The number of hydrogen-bond acceptors (Lipinski definition) is 5. The first-order chi connectivity index (χ1) is 15.1. The monoisotopic (exact) mass is 417 g/mol. The predicted molar refractivity (Wildman–Crippen MR) is 119 cm³/mol. The summed E-state index contributed by atoms with van der Waals surface area (Å²) in [5.74, 6) is 0.330. The van der Waals surface area contributed by atoms with Crippen molar-refractivity contribution in [2.75, 3.05) is 37.7 Å². The summed E-state index contributed by atoms with van der Waals surface area (Å²) in [7, 11) is 0. The van der Waals surface area contributed by atoms with Crippen molar-refractivity contribution in [2.45, 2.75) is 13.3 Å². The van der Waals surface area contributed by atoms with Gasteiger partial charge in [0.15, 0.2) is 0 Å². The van der Waals surface area contributed by atoms with Crippen LogP contribution >= 0.6 is 0 Å². The zero-order valence-electron chi connectivity index (χ0n) is 17.5. The summed E-state index contributed by atoms with van der Waals surface area (Å²) in [4.78, 5) is 13.4. The van der Waals surface area contributed by atoms with Crippen molar-refractivity contribution >= 4 is 17.2 Å². The van der Waals surface area contributed by atoms with Crippen molar-refractivity contribution in [3.63, 3.8) is 0 Å². The van der Waals surface area contributed by atoms with E-state index in [0.717, 1.165) is 54.5 Å². The number of rotatable bonds is 3. The fraction of sp³-hybridized carbons (Fsp3) is 0.292. The van der Waals surface area contributed by atoms with E-state index in [4.69, 9.17) is 9.73 Å². The number of amidine groups is 1. The molecule has 2 aliphatic rings. The number of pyridine rings is 1. The summed E-state index contributed by atoms with van der Waals surface area (Å²) in [6, 6.07) is 10.4. The van der Waals surface area contributed by atoms with Gasteiger partial charge in [-0.05, 0) is 43.7 Å². The highest BCUT2D eigenvalue weighted by molar-refractivity contribution is 5.89. The van der Waals surface area contributed by atoms with Crippen molar-refractivity contribution in [3.05, 3.63) is 77.5 Å². The lowest BCUT2D eigenvalue weighted by atomic mass is 10.0. The molecule has 0 aliphatic carbocycles. The number of hydrogen-bond donors (Lipinski definition) is 0. The fourth-order valence-electron chi connectivity index (χ4n) is 3.91. The third kappa shape index (κ3) is 4.35. The Bertz CT molecular complexity index is 1080. The van der Waals surface area contributed by atoms with Gasteiger partial charge in [-0.25, -0.2) is 9.38 Å². The number of anilines is 1. The molecule has 2 fully saturated rings. The number of allylic oxidation sites excluding steroid dienone is 1. The highest BCUT2D eigenvalue weighted by Crippen LogP contribution is 2.37. The SMILES string of the molecule is C=C1/C(=C(\N=C(C)N2CCOCC2)c2ccc(F)c(C#N)c2)CCN1c1ccncc1. The molecular formula is C24H24FN5O. The normalized spacial score (nSPS) is 18.9. The second kappa shape index (κ2) is 9.11. The molecule has 158 valence electrons. The predicted octanol–water partition coefficient (Wildman–Crippen LogP) is 3.98. The Balaban J connectivity index is 1.79. The van der Waals surface area contributed by atoms with Gasteiger partial charge in [-0.2, -0.15) is 5.26 Å². The summed E-state index contributed by atoms with van der Waals surface area (Å²) in [6.07, 6.45) is 4.26. The maximum atomic E-state index is 14.0. The summed E-state index contributed by atoms with van der Waals surface area (Å²) in [5, 5.41) is 9.32. The first-order valence-corrected chi connectivity index (χ1v) is 10.3. The molecule has 0 unspecified atom stereocenters. The highest BCUT2D eigenvalue weighted by atomic mass is 19.1. The van der Waals surface area contributed by atoms with Gasteiger partial charge >= 0.3 is 0 Å². The number of ether oxygens (including phenoxy) is 1. The van der Waals surface area contributed by atoms with Gasteiger partial charge in [-0.1, -0.05) is 6.58 Å². The molecule has 3 heterocycles. The molecule has 0 spiro atoms. The zero-order valence-corrected chi connectivity index (χ0v) is 17.5. The number of halogens is 1. The summed E-state index contributed by atoms with van der Waals surface area (Å²) >= 11 is 0. The Kier molecular flexibility index (Phi) is 6.10. The number of nitriles is 1. The largest absolute Gasteiger partial charge is 0.378 e. The lowest BCUT2D eigenvalue weighted by Gasteiger charge is -2.28. The summed E-state index contributed by atoms with van der Waals surface area (Å²) in [5.41, 5.74) is 4.28. The number of aliphatic imine (C=N–C) groups is 1. The molecule has 0 amide bonds. The van der Waals surface area contributed by atoms with Crippen LogP contribution in [-0.2, 0) is 4.74 Å². The first-order valence-electron chi connectivity index (χ1n) is 10.3. The maximum Gasteiger partial charge on any atom is 0.140 e. The van der Waals surface area contributed by atoms with E-state index in [1.54, 1.807) is 24.5 Å². The van der Waals surface area contributed by atoms with Crippen LogP contribution in [0.2, 0.25) is 0 Å². The maximum absolute atomic E-state index is 14.0. The lowest BCUT2D eigenvalue weighted by Crippen LogP contribution is -2.39. The van der Waals surface area contributed by atoms with E-state index in [2.05, 4.69) is 21.4 Å². The molecule has 0 radical (unpaired) electrons. The molecule has 7 heteroatoms. The smallest absolute Gasteiger partial charge is 0.140 e. The minimum Gasteiger partial charge on any atom is -0.378 e. The molecule has 0 saturated carbocycles. The van der Waals surface area contributed by atoms with Crippen LogP contribution < -0.4 is 4.90 Å². The minimum atomic E-state index is -0.534. The van der Waals surface area contributed by atoms with Gasteiger partial charge in [0.05, 0.1) is 24.5 Å². The van der Waals surface area contributed by atoms with Crippen LogP contribution in [-0.4, -0.2) is 48.6 Å².